The van der Waals surface area contributed by atoms with Crippen molar-refractivity contribution < 1.29 is 5.11 Å². The monoisotopic (exact) mass is 219 g/mol. The van der Waals surface area contributed by atoms with Gasteiger partial charge in [-0.25, -0.2) is 4.98 Å². The molecule has 0 unspecified atom stereocenters. The van der Waals surface area contributed by atoms with Crippen molar-refractivity contribution in [2.75, 3.05) is 11.9 Å². The van der Waals surface area contributed by atoms with Gasteiger partial charge in [0, 0.05) is 12.7 Å². The largest absolute Gasteiger partial charge is 0.388 e. The normalized spacial score (nSPS) is 10.9. The molecule has 2 N–H and O–H groups in total. The zero-order valence-corrected chi connectivity index (χ0v) is 9.70. The average Bonchev–Trinajstić information content (AvgIpc) is 2.36. The minimum absolute atomic E-state index is 0.471. The third-order valence-electron chi connectivity index (χ3n) is 2.81. The quantitative estimate of drug-likeness (QED) is 0.793. The van der Waals surface area contributed by atoms with Crippen molar-refractivity contribution >= 4 is 5.82 Å². The minimum atomic E-state index is -0.685. The summed E-state index contributed by atoms with van der Waals surface area (Å²) in [5.41, 5.74) is -0.151. The van der Waals surface area contributed by atoms with Gasteiger partial charge in [0.1, 0.15) is 11.9 Å². The SMILES string of the molecule is CCC(O)(CC)CNc1ccc(C#N)cn1. The second-order valence-electron chi connectivity index (χ2n) is 3.83. The van der Waals surface area contributed by atoms with E-state index in [1.54, 1.807) is 12.1 Å². The third kappa shape index (κ3) is 3.21. The van der Waals surface area contributed by atoms with Crippen LogP contribution in [0.5, 0.6) is 0 Å². The Morgan fingerprint density at radius 2 is 2.12 bits per heavy atom. The van der Waals surface area contributed by atoms with E-state index in [9.17, 15) is 5.11 Å². The number of hydrogen-bond donors (Lipinski definition) is 2. The molecular formula is C12H17N3O. The lowest BCUT2D eigenvalue weighted by atomic mass is 9.98. The van der Waals surface area contributed by atoms with Crippen LogP contribution in [0, 0.1) is 11.3 Å². The van der Waals surface area contributed by atoms with Gasteiger partial charge in [-0.05, 0) is 25.0 Å². The summed E-state index contributed by atoms with van der Waals surface area (Å²) >= 11 is 0. The van der Waals surface area contributed by atoms with Crippen molar-refractivity contribution in [1.29, 1.82) is 5.26 Å². The Bertz CT molecular complexity index is 363. The third-order valence-corrected chi connectivity index (χ3v) is 2.81. The maximum absolute atomic E-state index is 10.0. The van der Waals surface area contributed by atoms with E-state index in [0.717, 1.165) is 0 Å². The fraction of sp³-hybridized carbons (Fsp3) is 0.500. The zero-order valence-electron chi connectivity index (χ0n) is 9.70. The van der Waals surface area contributed by atoms with Gasteiger partial charge in [-0.15, -0.1) is 0 Å². The predicted octanol–water partition coefficient (Wildman–Crippen LogP) is 1.92. The highest BCUT2D eigenvalue weighted by Gasteiger charge is 2.21. The van der Waals surface area contributed by atoms with Crippen LogP contribution in [0.3, 0.4) is 0 Å². The van der Waals surface area contributed by atoms with Crippen LogP contribution in [0.15, 0.2) is 18.3 Å². The lowest BCUT2D eigenvalue weighted by molar-refractivity contribution is 0.0456. The van der Waals surface area contributed by atoms with Crippen molar-refractivity contribution in [2.24, 2.45) is 0 Å². The van der Waals surface area contributed by atoms with E-state index >= 15 is 0 Å². The summed E-state index contributed by atoms with van der Waals surface area (Å²) in [4.78, 5) is 4.08. The summed E-state index contributed by atoms with van der Waals surface area (Å²) in [5.74, 6) is 0.680. The molecule has 0 radical (unpaired) electrons. The van der Waals surface area contributed by atoms with Crippen molar-refractivity contribution in [3.63, 3.8) is 0 Å². The van der Waals surface area contributed by atoms with Crippen LogP contribution in [-0.2, 0) is 0 Å². The first-order chi connectivity index (χ1) is 7.63. The standard InChI is InChI=1S/C12H17N3O/c1-3-12(16,4-2)9-15-11-6-5-10(7-13)8-14-11/h5-6,8,16H,3-4,9H2,1-2H3,(H,14,15). The molecule has 0 bridgehead atoms. The first-order valence-corrected chi connectivity index (χ1v) is 5.46. The van der Waals surface area contributed by atoms with Crippen LogP contribution in [0.25, 0.3) is 0 Å². The Hall–Kier alpha value is -1.60. The first-order valence-electron chi connectivity index (χ1n) is 5.46. The van der Waals surface area contributed by atoms with Gasteiger partial charge >= 0.3 is 0 Å². The molecule has 0 aliphatic carbocycles. The van der Waals surface area contributed by atoms with Crippen molar-refractivity contribution in [1.82, 2.24) is 4.98 Å². The minimum Gasteiger partial charge on any atom is -0.388 e. The topological polar surface area (TPSA) is 68.9 Å². The Morgan fingerprint density at radius 3 is 2.56 bits per heavy atom. The van der Waals surface area contributed by atoms with Gasteiger partial charge in [0.25, 0.3) is 0 Å². The highest BCUT2D eigenvalue weighted by Crippen LogP contribution is 2.15. The molecule has 4 heteroatoms. The van der Waals surface area contributed by atoms with Gasteiger partial charge in [-0.3, -0.25) is 0 Å². The van der Waals surface area contributed by atoms with Gasteiger partial charge in [-0.1, -0.05) is 13.8 Å². The summed E-state index contributed by atoms with van der Waals surface area (Å²) < 4.78 is 0. The Kier molecular flexibility index (Phi) is 4.27. The van der Waals surface area contributed by atoms with Crippen LogP contribution in [-0.4, -0.2) is 22.2 Å². The number of anilines is 1. The number of nitrogens with one attached hydrogen (secondary N) is 1. The second kappa shape index (κ2) is 5.47. The van der Waals surface area contributed by atoms with E-state index < -0.39 is 5.60 Å². The van der Waals surface area contributed by atoms with Crippen LogP contribution in [0.4, 0.5) is 5.82 Å². The predicted molar refractivity (Wildman–Crippen MR) is 63.0 cm³/mol. The van der Waals surface area contributed by atoms with E-state index in [2.05, 4.69) is 10.3 Å². The van der Waals surface area contributed by atoms with Gasteiger partial charge in [0.05, 0.1) is 11.2 Å². The maximum Gasteiger partial charge on any atom is 0.126 e. The number of pyridine rings is 1. The Morgan fingerprint density at radius 1 is 1.44 bits per heavy atom. The van der Waals surface area contributed by atoms with Crippen molar-refractivity contribution in [3.8, 4) is 6.07 Å². The zero-order chi connectivity index (χ0) is 12.0. The van der Waals surface area contributed by atoms with E-state index in [0.29, 0.717) is 30.8 Å². The van der Waals surface area contributed by atoms with Crippen LogP contribution >= 0.6 is 0 Å². The number of nitrogens with zero attached hydrogens (tertiary/aromatic N) is 2. The van der Waals surface area contributed by atoms with Crippen molar-refractivity contribution in [2.45, 2.75) is 32.3 Å². The molecule has 1 aromatic rings. The molecule has 0 spiro atoms. The number of hydrogen-bond acceptors (Lipinski definition) is 4. The fourth-order valence-corrected chi connectivity index (χ4v) is 1.32. The first kappa shape index (κ1) is 12.5. The summed E-state index contributed by atoms with van der Waals surface area (Å²) in [7, 11) is 0. The summed E-state index contributed by atoms with van der Waals surface area (Å²) in [6.07, 6.45) is 2.92. The van der Waals surface area contributed by atoms with E-state index in [-0.39, 0.29) is 0 Å². The molecule has 0 atom stereocenters. The molecular weight excluding hydrogens is 202 g/mol. The molecule has 0 aliphatic rings. The lowest BCUT2D eigenvalue weighted by Crippen LogP contribution is -2.35. The molecule has 0 saturated heterocycles. The van der Waals surface area contributed by atoms with Gasteiger partial charge in [-0.2, -0.15) is 5.26 Å². The molecule has 0 amide bonds. The summed E-state index contributed by atoms with van der Waals surface area (Å²) in [5, 5.41) is 21.7. The molecule has 0 aromatic carbocycles. The molecule has 0 aliphatic heterocycles. The second-order valence-corrected chi connectivity index (χ2v) is 3.83. The molecule has 16 heavy (non-hydrogen) atoms. The smallest absolute Gasteiger partial charge is 0.126 e. The van der Waals surface area contributed by atoms with Gasteiger partial charge in [0.15, 0.2) is 0 Å². The molecule has 0 saturated carbocycles. The maximum atomic E-state index is 10.0. The van der Waals surface area contributed by atoms with E-state index in [4.69, 9.17) is 5.26 Å². The van der Waals surface area contributed by atoms with E-state index in [1.807, 2.05) is 19.9 Å². The number of aliphatic hydroxyl groups is 1. The van der Waals surface area contributed by atoms with Crippen molar-refractivity contribution in [3.05, 3.63) is 23.9 Å². The number of aromatic nitrogens is 1. The molecule has 86 valence electrons. The van der Waals surface area contributed by atoms with Crippen LogP contribution in [0.1, 0.15) is 32.3 Å². The molecule has 1 aromatic heterocycles. The highest BCUT2D eigenvalue weighted by molar-refractivity contribution is 5.39. The molecule has 1 rings (SSSR count). The molecule has 4 nitrogen and oxygen atoms in total. The number of rotatable bonds is 5. The summed E-state index contributed by atoms with van der Waals surface area (Å²) in [6.45, 7) is 4.38. The Balaban J connectivity index is 2.58. The summed E-state index contributed by atoms with van der Waals surface area (Å²) in [6, 6.07) is 5.45. The van der Waals surface area contributed by atoms with Crippen LogP contribution in [0.2, 0.25) is 0 Å². The fourth-order valence-electron chi connectivity index (χ4n) is 1.32. The lowest BCUT2D eigenvalue weighted by Gasteiger charge is -2.25. The molecule has 1 heterocycles. The van der Waals surface area contributed by atoms with E-state index in [1.165, 1.54) is 6.20 Å². The van der Waals surface area contributed by atoms with Crippen LogP contribution < -0.4 is 5.32 Å². The highest BCUT2D eigenvalue weighted by atomic mass is 16.3. The number of nitriles is 1. The Labute approximate surface area is 95.9 Å². The molecule has 0 fully saturated rings. The average molecular weight is 219 g/mol. The van der Waals surface area contributed by atoms with Gasteiger partial charge < -0.3 is 10.4 Å². The van der Waals surface area contributed by atoms with Gasteiger partial charge in [0.2, 0.25) is 0 Å².